The molecule has 1 aromatic carbocycles. The Morgan fingerprint density at radius 3 is 2.56 bits per heavy atom. The van der Waals surface area contributed by atoms with Crippen molar-refractivity contribution in [3.05, 3.63) is 35.9 Å². The summed E-state index contributed by atoms with van der Waals surface area (Å²) in [5.74, 6) is 0.0846. The number of hydrogen-bond donors (Lipinski definition) is 3. The molecule has 6 heteroatoms. The summed E-state index contributed by atoms with van der Waals surface area (Å²) in [5.41, 5.74) is 6.17. The third-order valence-corrected chi connectivity index (χ3v) is 2.41. The van der Waals surface area contributed by atoms with E-state index in [4.69, 9.17) is 11.1 Å². The molecule has 0 aromatic heterocycles. The zero-order valence-electron chi connectivity index (χ0n) is 8.60. The van der Waals surface area contributed by atoms with Crippen LogP contribution >= 0.6 is 24.2 Å². The molecule has 1 aromatic rings. The number of halogens is 1. The Morgan fingerprint density at radius 2 is 2.00 bits per heavy atom. The molecule has 4 N–H and O–H groups in total. The van der Waals surface area contributed by atoms with Gasteiger partial charge in [-0.1, -0.05) is 42.1 Å². The topological polar surface area (TPSA) is 79.0 Å². The first kappa shape index (κ1) is 14.8. The van der Waals surface area contributed by atoms with Crippen LogP contribution in [0.3, 0.4) is 0 Å². The molecular weight excluding hydrogens is 246 g/mol. The van der Waals surface area contributed by atoms with Gasteiger partial charge in [0, 0.05) is 6.54 Å². The van der Waals surface area contributed by atoms with Gasteiger partial charge in [0.25, 0.3) is 0 Å². The summed E-state index contributed by atoms with van der Waals surface area (Å²) in [6, 6.07) is 9.66. The normalized spacial score (nSPS) is 9.00. The molecule has 1 amide bonds. The summed E-state index contributed by atoms with van der Waals surface area (Å²) in [7, 11) is 0. The Morgan fingerprint density at radius 1 is 1.38 bits per heavy atom. The number of nitrogens with two attached hydrogens (primary N) is 1. The van der Waals surface area contributed by atoms with Gasteiger partial charge in [-0.25, -0.2) is 0 Å². The maximum absolute atomic E-state index is 11.2. The van der Waals surface area contributed by atoms with E-state index in [0.29, 0.717) is 6.54 Å². The Bertz CT molecular complexity index is 345. The first-order chi connectivity index (χ1) is 7.18. The van der Waals surface area contributed by atoms with Crippen LogP contribution < -0.4 is 11.1 Å². The number of thioether (sulfide) groups is 1. The summed E-state index contributed by atoms with van der Waals surface area (Å²) in [6.07, 6.45) is 0. The molecule has 0 saturated heterocycles. The number of benzene rings is 1. The van der Waals surface area contributed by atoms with E-state index >= 15 is 0 Å². The maximum atomic E-state index is 11.2. The Hall–Kier alpha value is -1.20. The molecule has 0 heterocycles. The molecule has 0 fully saturated rings. The Kier molecular flexibility index (Phi) is 7.41. The standard InChI is InChI=1S/C10H13N3OS.ClH/c11-10(12)15-7-9(14)13-6-8-4-2-1-3-5-8;/h1-5H,6-7H2,(H3,11,12)(H,13,14);1H. The van der Waals surface area contributed by atoms with Crippen LogP contribution in [0.5, 0.6) is 0 Å². The minimum absolute atomic E-state index is 0. The monoisotopic (exact) mass is 259 g/mol. The number of nitrogens with one attached hydrogen (secondary N) is 2. The number of amides is 1. The molecule has 0 bridgehead atoms. The van der Waals surface area contributed by atoms with Gasteiger partial charge in [-0.15, -0.1) is 12.4 Å². The summed E-state index contributed by atoms with van der Waals surface area (Å²) in [5, 5.41) is 9.65. The fraction of sp³-hybridized carbons (Fsp3) is 0.200. The van der Waals surface area contributed by atoms with E-state index in [0.717, 1.165) is 17.3 Å². The second-order valence-corrected chi connectivity index (χ2v) is 3.93. The fourth-order valence-corrected chi connectivity index (χ4v) is 1.38. The molecule has 16 heavy (non-hydrogen) atoms. The first-order valence-electron chi connectivity index (χ1n) is 4.46. The molecule has 0 aliphatic rings. The van der Waals surface area contributed by atoms with Crippen LogP contribution in [0.25, 0.3) is 0 Å². The Labute approximate surface area is 105 Å². The SMILES string of the molecule is Cl.N=C(N)SCC(=O)NCc1ccccc1. The third-order valence-electron chi connectivity index (χ3n) is 1.69. The van der Waals surface area contributed by atoms with Crippen LogP contribution in [-0.4, -0.2) is 16.8 Å². The van der Waals surface area contributed by atoms with Crippen molar-refractivity contribution in [3.63, 3.8) is 0 Å². The molecule has 0 unspecified atom stereocenters. The number of hydrogen-bond acceptors (Lipinski definition) is 3. The van der Waals surface area contributed by atoms with E-state index in [1.807, 2.05) is 30.3 Å². The van der Waals surface area contributed by atoms with E-state index in [2.05, 4.69) is 5.32 Å². The second kappa shape index (κ2) is 8.01. The smallest absolute Gasteiger partial charge is 0.230 e. The van der Waals surface area contributed by atoms with E-state index in [1.165, 1.54) is 0 Å². The van der Waals surface area contributed by atoms with Crippen molar-refractivity contribution < 1.29 is 4.79 Å². The van der Waals surface area contributed by atoms with E-state index in [1.54, 1.807) is 0 Å². The molecule has 0 atom stereocenters. The molecular formula is C10H14ClN3OS. The van der Waals surface area contributed by atoms with Gasteiger partial charge in [0.2, 0.25) is 5.91 Å². The van der Waals surface area contributed by atoms with Crippen LogP contribution in [0.2, 0.25) is 0 Å². The largest absolute Gasteiger partial charge is 0.379 e. The first-order valence-corrected chi connectivity index (χ1v) is 5.44. The highest BCUT2D eigenvalue weighted by Gasteiger charge is 2.01. The average Bonchev–Trinajstić information content (AvgIpc) is 2.25. The van der Waals surface area contributed by atoms with Crippen LogP contribution in [-0.2, 0) is 11.3 Å². The van der Waals surface area contributed by atoms with Gasteiger partial charge in [0.1, 0.15) is 0 Å². The molecule has 0 aliphatic carbocycles. The van der Waals surface area contributed by atoms with Gasteiger partial charge in [0.05, 0.1) is 5.75 Å². The van der Waals surface area contributed by atoms with Crippen molar-refractivity contribution in [3.8, 4) is 0 Å². The quantitative estimate of drug-likeness (QED) is 0.564. The average molecular weight is 260 g/mol. The van der Waals surface area contributed by atoms with E-state index in [-0.39, 0.29) is 29.2 Å². The number of rotatable bonds is 4. The Balaban J connectivity index is 0.00000225. The molecule has 0 aliphatic heterocycles. The minimum Gasteiger partial charge on any atom is -0.379 e. The van der Waals surface area contributed by atoms with Gasteiger partial charge in [-0.2, -0.15) is 0 Å². The van der Waals surface area contributed by atoms with Crippen molar-refractivity contribution in [2.24, 2.45) is 5.73 Å². The second-order valence-electron chi connectivity index (χ2n) is 2.92. The molecule has 0 radical (unpaired) electrons. The van der Waals surface area contributed by atoms with Gasteiger partial charge in [0.15, 0.2) is 5.17 Å². The lowest BCUT2D eigenvalue weighted by Gasteiger charge is -2.04. The fourth-order valence-electron chi connectivity index (χ4n) is 0.991. The lowest BCUT2D eigenvalue weighted by atomic mass is 10.2. The molecule has 4 nitrogen and oxygen atoms in total. The molecule has 0 saturated carbocycles. The van der Waals surface area contributed by atoms with Crippen molar-refractivity contribution in [1.82, 2.24) is 5.32 Å². The van der Waals surface area contributed by atoms with Gasteiger partial charge in [-0.05, 0) is 5.56 Å². The van der Waals surface area contributed by atoms with Crippen molar-refractivity contribution >= 4 is 35.2 Å². The van der Waals surface area contributed by atoms with Crippen LogP contribution in [0, 0.1) is 5.41 Å². The van der Waals surface area contributed by atoms with Crippen molar-refractivity contribution in [2.75, 3.05) is 5.75 Å². The summed E-state index contributed by atoms with van der Waals surface area (Å²) >= 11 is 1.02. The summed E-state index contributed by atoms with van der Waals surface area (Å²) < 4.78 is 0. The minimum atomic E-state index is -0.112. The highest BCUT2D eigenvalue weighted by Crippen LogP contribution is 1.99. The van der Waals surface area contributed by atoms with E-state index < -0.39 is 0 Å². The van der Waals surface area contributed by atoms with Crippen LogP contribution in [0.4, 0.5) is 0 Å². The summed E-state index contributed by atoms with van der Waals surface area (Å²) in [6.45, 7) is 0.512. The van der Waals surface area contributed by atoms with Gasteiger partial charge >= 0.3 is 0 Å². The maximum Gasteiger partial charge on any atom is 0.230 e. The van der Waals surface area contributed by atoms with Crippen LogP contribution in [0.15, 0.2) is 30.3 Å². The predicted octanol–water partition coefficient (Wildman–Crippen LogP) is 1.35. The lowest BCUT2D eigenvalue weighted by molar-refractivity contribution is -0.118. The third kappa shape index (κ3) is 6.31. The van der Waals surface area contributed by atoms with Crippen molar-refractivity contribution in [1.29, 1.82) is 5.41 Å². The van der Waals surface area contributed by atoms with Crippen LogP contribution in [0.1, 0.15) is 5.56 Å². The summed E-state index contributed by atoms with van der Waals surface area (Å²) in [4.78, 5) is 11.2. The van der Waals surface area contributed by atoms with E-state index in [9.17, 15) is 4.79 Å². The number of carbonyl (C=O) groups is 1. The molecule has 88 valence electrons. The number of carbonyl (C=O) groups excluding carboxylic acids is 1. The lowest BCUT2D eigenvalue weighted by Crippen LogP contribution is -2.25. The highest BCUT2D eigenvalue weighted by atomic mass is 35.5. The predicted molar refractivity (Wildman–Crippen MR) is 69.9 cm³/mol. The zero-order valence-corrected chi connectivity index (χ0v) is 10.2. The van der Waals surface area contributed by atoms with Gasteiger partial charge in [-0.3, -0.25) is 10.2 Å². The number of amidine groups is 1. The zero-order chi connectivity index (χ0) is 11.1. The van der Waals surface area contributed by atoms with Crippen molar-refractivity contribution in [2.45, 2.75) is 6.54 Å². The highest BCUT2D eigenvalue weighted by molar-refractivity contribution is 8.14. The molecule has 1 rings (SSSR count). The van der Waals surface area contributed by atoms with Gasteiger partial charge < -0.3 is 11.1 Å². The molecule has 0 spiro atoms.